The number of piperazine rings is 1. The van der Waals surface area contributed by atoms with Crippen molar-refractivity contribution in [1.29, 1.82) is 0 Å². The summed E-state index contributed by atoms with van der Waals surface area (Å²) in [5.74, 6) is 7.76. The molecule has 0 aliphatic carbocycles. The summed E-state index contributed by atoms with van der Waals surface area (Å²) in [5.41, 5.74) is 3.87. The molecule has 1 saturated heterocycles. The van der Waals surface area contributed by atoms with Crippen molar-refractivity contribution in [1.82, 2.24) is 9.97 Å². The lowest BCUT2D eigenvalue weighted by atomic mass is 10.2. The summed E-state index contributed by atoms with van der Waals surface area (Å²) in [6.45, 7) is 5.73. The Morgan fingerprint density at radius 1 is 1.00 bits per heavy atom. The summed E-state index contributed by atoms with van der Waals surface area (Å²) in [7, 11) is 0. The van der Waals surface area contributed by atoms with Gasteiger partial charge in [0.1, 0.15) is 17.5 Å². The summed E-state index contributed by atoms with van der Waals surface area (Å²) in [6, 6.07) is 12.4. The molecule has 0 radical (unpaired) electrons. The number of aromatic nitrogens is 2. The zero-order valence-electron chi connectivity index (χ0n) is 12.2. The number of hydrazine groups is 1. The van der Waals surface area contributed by atoms with Crippen LogP contribution in [-0.4, -0.2) is 36.1 Å². The molecule has 21 heavy (non-hydrogen) atoms. The first-order valence-electron chi connectivity index (χ1n) is 7.13. The lowest BCUT2D eigenvalue weighted by Crippen LogP contribution is -2.46. The number of aryl methyl sites for hydroxylation is 1. The van der Waals surface area contributed by atoms with E-state index in [1.165, 1.54) is 5.69 Å². The maximum absolute atomic E-state index is 5.45. The van der Waals surface area contributed by atoms with Gasteiger partial charge in [0.15, 0.2) is 0 Å². The lowest BCUT2D eigenvalue weighted by Gasteiger charge is -2.36. The van der Waals surface area contributed by atoms with Gasteiger partial charge < -0.3 is 15.2 Å². The third-order valence-electron chi connectivity index (χ3n) is 3.70. The molecule has 0 spiro atoms. The highest BCUT2D eigenvalue weighted by molar-refractivity contribution is 5.52. The molecule has 3 N–H and O–H groups in total. The molecular formula is C15H20N6. The first kappa shape index (κ1) is 13.6. The molecular weight excluding hydrogens is 264 g/mol. The molecule has 0 saturated carbocycles. The van der Waals surface area contributed by atoms with Gasteiger partial charge in [-0.05, 0) is 19.1 Å². The van der Waals surface area contributed by atoms with Crippen molar-refractivity contribution in [3.63, 3.8) is 0 Å². The minimum atomic E-state index is 0.656. The highest BCUT2D eigenvalue weighted by atomic mass is 15.3. The Bertz CT molecular complexity index is 592. The zero-order chi connectivity index (χ0) is 14.7. The summed E-state index contributed by atoms with van der Waals surface area (Å²) < 4.78 is 0. The van der Waals surface area contributed by atoms with Crippen LogP contribution in [0.3, 0.4) is 0 Å². The number of anilines is 3. The van der Waals surface area contributed by atoms with Gasteiger partial charge in [-0.25, -0.2) is 15.8 Å². The van der Waals surface area contributed by atoms with Crippen molar-refractivity contribution in [3.8, 4) is 0 Å². The van der Waals surface area contributed by atoms with E-state index in [1.54, 1.807) is 0 Å². The molecule has 110 valence electrons. The Kier molecular flexibility index (Phi) is 3.87. The molecule has 1 fully saturated rings. The van der Waals surface area contributed by atoms with Crippen LogP contribution < -0.4 is 21.1 Å². The largest absolute Gasteiger partial charge is 0.368 e. The van der Waals surface area contributed by atoms with Crippen LogP contribution in [0.15, 0.2) is 36.4 Å². The van der Waals surface area contributed by atoms with Crippen LogP contribution in [0.2, 0.25) is 0 Å². The lowest BCUT2D eigenvalue weighted by molar-refractivity contribution is 0.646. The SMILES string of the molecule is Cc1nc(NN)cc(N2CCN(c3ccccc3)CC2)n1. The van der Waals surface area contributed by atoms with E-state index in [9.17, 15) is 0 Å². The first-order chi connectivity index (χ1) is 10.3. The molecule has 1 aromatic heterocycles. The fourth-order valence-electron chi connectivity index (χ4n) is 2.62. The molecule has 6 nitrogen and oxygen atoms in total. The standard InChI is InChI=1S/C15H20N6/c1-12-17-14(19-16)11-15(18-12)21-9-7-20(8-10-21)13-5-3-2-4-6-13/h2-6,11H,7-10,16H2,1H3,(H,17,18,19). The van der Waals surface area contributed by atoms with Gasteiger partial charge in [0.25, 0.3) is 0 Å². The quantitative estimate of drug-likeness (QED) is 0.656. The third kappa shape index (κ3) is 3.05. The molecule has 0 amide bonds. The van der Waals surface area contributed by atoms with Crippen molar-refractivity contribution in [2.45, 2.75) is 6.92 Å². The fourth-order valence-corrected chi connectivity index (χ4v) is 2.62. The number of nitrogens with zero attached hydrogens (tertiary/aromatic N) is 4. The molecule has 1 aliphatic rings. The summed E-state index contributed by atoms with van der Waals surface area (Å²) >= 11 is 0. The number of nitrogens with one attached hydrogen (secondary N) is 1. The maximum atomic E-state index is 5.45. The molecule has 0 atom stereocenters. The van der Waals surface area contributed by atoms with Gasteiger partial charge in [-0.1, -0.05) is 18.2 Å². The van der Waals surface area contributed by atoms with Crippen LogP contribution in [0.5, 0.6) is 0 Å². The van der Waals surface area contributed by atoms with E-state index < -0.39 is 0 Å². The number of nitrogens with two attached hydrogens (primary N) is 1. The number of hydrogen-bond acceptors (Lipinski definition) is 6. The molecule has 1 aliphatic heterocycles. The van der Waals surface area contributed by atoms with E-state index in [2.05, 4.69) is 49.5 Å². The minimum absolute atomic E-state index is 0.656. The Balaban J connectivity index is 1.70. The average molecular weight is 284 g/mol. The normalized spacial score (nSPS) is 15.1. The van der Waals surface area contributed by atoms with Gasteiger partial charge in [0, 0.05) is 37.9 Å². The van der Waals surface area contributed by atoms with Crippen molar-refractivity contribution >= 4 is 17.3 Å². The summed E-state index contributed by atoms with van der Waals surface area (Å²) in [5, 5.41) is 0. The number of rotatable bonds is 3. The molecule has 2 heterocycles. The van der Waals surface area contributed by atoms with Crippen molar-refractivity contribution in [2.24, 2.45) is 5.84 Å². The Labute approximate surface area is 124 Å². The van der Waals surface area contributed by atoms with Crippen molar-refractivity contribution in [2.75, 3.05) is 41.4 Å². The fraction of sp³-hybridized carbons (Fsp3) is 0.333. The van der Waals surface area contributed by atoms with Crippen LogP contribution in [0, 0.1) is 6.92 Å². The van der Waals surface area contributed by atoms with Crippen molar-refractivity contribution < 1.29 is 0 Å². The molecule has 0 bridgehead atoms. The van der Waals surface area contributed by atoms with Gasteiger partial charge >= 0.3 is 0 Å². The summed E-state index contributed by atoms with van der Waals surface area (Å²) in [6.07, 6.45) is 0. The Morgan fingerprint density at radius 3 is 2.33 bits per heavy atom. The van der Waals surface area contributed by atoms with E-state index >= 15 is 0 Å². The number of hydrogen-bond donors (Lipinski definition) is 2. The van der Waals surface area contributed by atoms with Crippen LogP contribution in [0.25, 0.3) is 0 Å². The van der Waals surface area contributed by atoms with Gasteiger partial charge in [-0.3, -0.25) is 0 Å². The van der Waals surface area contributed by atoms with Crippen LogP contribution in [-0.2, 0) is 0 Å². The van der Waals surface area contributed by atoms with E-state index in [0.717, 1.165) is 37.8 Å². The van der Waals surface area contributed by atoms with Gasteiger partial charge in [0.2, 0.25) is 0 Å². The third-order valence-corrected chi connectivity index (χ3v) is 3.70. The molecule has 0 unspecified atom stereocenters. The molecule has 1 aromatic carbocycles. The maximum Gasteiger partial charge on any atom is 0.145 e. The average Bonchev–Trinajstić information content (AvgIpc) is 2.55. The second-order valence-electron chi connectivity index (χ2n) is 5.11. The van der Waals surface area contributed by atoms with Crippen LogP contribution in [0.1, 0.15) is 5.82 Å². The Morgan fingerprint density at radius 2 is 1.67 bits per heavy atom. The monoisotopic (exact) mass is 284 g/mol. The summed E-state index contributed by atoms with van der Waals surface area (Å²) in [4.78, 5) is 13.4. The number of benzene rings is 1. The Hall–Kier alpha value is -2.34. The highest BCUT2D eigenvalue weighted by Gasteiger charge is 2.19. The van der Waals surface area contributed by atoms with Crippen molar-refractivity contribution in [3.05, 3.63) is 42.2 Å². The number of nitrogen functional groups attached to an aromatic ring is 1. The first-order valence-corrected chi connectivity index (χ1v) is 7.13. The van der Waals surface area contributed by atoms with E-state index in [-0.39, 0.29) is 0 Å². The minimum Gasteiger partial charge on any atom is -0.368 e. The zero-order valence-corrected chi connectivity index (χ0v) is 12.2. The smallest absolute Gasteiger partial charge is 0.145 e. The van der Waals surface area contributed by atoms with Crippen LogP contribution >= 0.6 is 0 Å². The predicted molar refractivity (Wildman–Crippen MR) is 85.4 cm³/mol. The van der Waals surface area contributed by atoms with E-state index in [4.69, 9.17) is 5.84 Å². The highest BCUT2D eigenvalue weighted by Crippen LogP contribution is 2.20. The van der Waals surface area contributed by atoms with Gasteiger partial charge in [-0.2, -0.15) is 0 Å². The molecule has 2 aromatic rings. The van der Waals surface area contributed by atoms with E-state index in [1.807, 2.05) is 19.1 Å². The van der Waals surface area contributed by atoms with E-state index in [0.29, 0.717) is 5.82 Å². The predicted octanol–water partition coefficient (Wildman–Crippen LogP) is 1.40. The topological polar surface area (TPSA) is 70.3 Å². The second kappa shape index (κ2) is 5.97. The number of para-hydroxylation sites is 1. The molecule has 3 rings (SSSR count). The van der Waals surface area contributed by atoms with Gasteiger partial charge in [-0.15, -0.1) is 0 Å². The van der Waals surface area contributed by atoms with Crippen LogP contribution in [0.4, 0.5) is 17.3 Å². The molecule has 6 heteroatoms. The second-order valence-corrected chi connectivity index (χ2v) is 5.11. The van der Waals surface area contributed by atoms with Gasteiger partial charge in [0.05, 0.1) is 0 Å².